The Labute approximate surface area is 334 Å². The van der Waals surface area contributed by atoms with E-state index in [9.17, 15) is 0 Å². The molecular weight excluding hydrogens is 705 g/mol. The fourth-order valence-electron chi connectivity index (χ4n) is 8.96. The summed E-state index contributed by atoms with van der Waals surface area (Å²) in [6, 6.07) is 73.8. The van der Waals surface area contributed by atoms with Gasteiger partial charge in [-0.1, -0.05) is 133 Å². The number of para-hydroxylation sites is 3. The monoisotopic (exact) mass is 738 g/mol. The van der Waals surface area contributed by atoms with Crippen LogP contribution in [-0.2, 0) is 0 Å². The molecule has 3 aromatic heterocycles. The van der Waals surface area contributed by atoms with Gasteiger partial charge in [-0.25, -0.2) is 9.97 Å². The van der Waals surface area contributed by atoms with Crippen LogP contribution in [0.2, 0.25) is 0 Å². The number of hydrogen-bond acceptors (Lipinski definition) is 2. The third-order valence-electron chi connectivity index (χ3n) is 11.7. The summed E-state index contributed by atoms with van der Waals surface area (Å²) in [7, 11) is 0. The summed E-state index contributed by atoms with van der Waals surface area (Å²) in [4.78, 5) is 10.5. The molecule has 0 bridgehead atoms. The van der Waals surface area contributed by atoms with E-state index in [-0.39, 0.29) is 0 Å². The van der Waals surface area contributed by atoms with Gasteiger partial charge in [-0.2, -0.15) is 0 Å². The van der Waals surface area contributed by atoms with Gasteiger partial charge in [0.2, 0.25) is 0 Å². The molecular formula is C54H34N4. The first-order valence-corrected chi connectivity index (χ1v) is 19.7. The number of hydrogen-bond donors (Lipinski definition) is 0. The molecule has 0 unspecified atom stereocenters. The van der Waals surface area contributed by atoms with Crippen molar-refractivity contribution in [3.63, 3.8) is 0 Å². The van der Waals surface area contributed by atoms with E-state index in [4.69, 9.17) is 9.97 Å². The molecule has 4 nitrogen and oxygen atoms in total. The Kier molecular flexibility index (Phi) is 7.20. The van der Waals surface area contributed by atoms with Crippen molar-refractivity contribution in [3.05, 3.63) is 206 Å². The largest absolute Gasteiger partial charge is 0.309 e. The molecule has 0 atom stereocenters. The lowest BCUT2D eigenvalue weighted by Gasteiger charge is -2.12. The van der Waals surface area contributed by atoms with Crippen LogP contribution < -0.4 is 0 Å². The average Bonchev–Trinajstić information content (AvgIpc) is 3.82. The van der Waals surface area contributed by atoms with Gasteiger partial charge in [-0.05, 0) is 94.3 Å². The zero-order chi connectivity index (χ0) is 38.2. The Balaban J connectivity index is 1.06. The number of fused-ring (bicyclic) bond motifs is 9. The van der Waals surface area contributed by atoms with Crippen LogP contribution >= 0.6 is 0 Å². The van der Waals surface area contributed by atoms with Crippen LogP contribution in [0.3, 0.4) is 0 Å². The van der Waals surface area contributed by atoms with E-state index in [0.29, 0.717) is 5.82 Å². The van der Waals surface area contributed by atoms with Gasteiger partial charge in [0.05, 0.1) is 33.5 Å². The first-order chi connectivity index (χ1) is 28.7. The third kappa shape index (κ3) is 5.09. The Morgan fingerprint density at radius 3 is 1.48 bits per heavy atom. The fourth-order valence-corrected chi connectivity index (χ4v) is 8.96. The smallest absolute Gasteiger partial charge is 0.160 e. The van der Waals surface area contributed by atoms with Gasteiger partial charge in [-0.15, -0.1) is 0 Å². The number of benzene rings is 9. The molecule has 0 saturated carbocycles. The van der Waals surface area contributed by atoms with Crippen molar-refractivity contribution in [2.24, 2.45) is 0 Å². The molecule has 0 fully saturated rings. The van der Waals surface area contributed by atoms with Crippen LogP contribution in [0.25, 0.3) is 110 Å². The highest BCUT2D eigenvalue weighted by Gasteiger charge is 2.21. The molecule has 270 valence electrons. The summed E-state index contributed by atoms with van der Waals surface area (Å²) in [5, 5.41) is 9.71. The highest BCUT2D eigenvalue weighted by atomic mass is 15.0. The molecule has 0 aliphatic carbocycles. The molecule has 0 radical (unpaired) electrons. The van der Waals surface area contributed by atoms with Gasteiger partial charge in [0.25, 0.3) is 0 Å². The van der Waals surface area contributed by atoms with Gasteiger partial charge < -0.3 is 9.13 Å². The molecule has 58 heavy (non-hydrogen) atoms. The van der Waals surface area contributed by atoms with Gasteiger partial charge >= 0.3 is 0 Å². The lowest BCUT2D eigenvalue weighted by atomic mass is 10.0. The first kappa shape index (κ1) is 32.4. The van der Waals surface area contributed by atoms with Crippen LogP contribution in [0, 0.1) is 0 Å². The highest BCUT2D eigenvalue weighted by molar-refractivity contribution is 6.26. The van der Waals surface area contributed by atoms with Crippen molar-refractivity contribution >= 4 is 65.2 Å². The second-order valence-corrected chi connectivity index (χ2v) is 15.0. The molecule has 0 saturated heterocycles. The van der Waals surface area contributed by atoms with Crippen LogP contribution in [0.1, 0.15) is 0 Å². The van der Waals surface area contributed by atoms with E-state index >= 15 is 0 Å². The topological polar surface area (TPSA) is 35.6 Å². The molecule has 12 aromatic rings. The molecule has 0 spiro atoms. The Bertz CT molecular complexity index is 3460. The quantitative estimate of drug-likeness (QED) is 0.176. The SMILES string of the molecule is c1ccc(-n2c3ccccc3c3c2ccc2c4ccccc4n(-c4ccc(-c5nc(-c6ccc7ccccc7c6)cc(-c6ccc7ccccc7c6)n5)cc4)c23)cc1. The van der Waals surface area contributed by atoms with Crippen LogP contribution in [0.5, 0.6) is 0 Å². The summed E-state index contributed by atoms with van der Waals surface area (Å²) >= 11 is 0. The van der Waals surface area contributed by atoms with E-state index in [2.05, 4.69) is 215 Å². The van der Waals surface area contributed by atoms with Crippen molar-refractivity contribution in [1.82, 2.24) is 19.1 Å². The Morgan fingerprint density at radius 1 is 0.310 bits per heavy atom. The summed E-state index contributed by atoms with van der Waals surface area (Å²) in [5.41, 5.74) is 11.8. The van der Waals surface area contributed by atoms with Crippen LogP contribution in [0.4, 0.5) is 0 Å². The predicted octanol–water partition coefficient (Wildman–Crippen LogP) is 14.0. The standard InChI is InChI=1S/C54H34N4/c1-2-16-42(17-3-1)57-50-21-11-9-19-46(50)52-51(57)31-30-45-44-18-8-10-20-49(44)58(53(45)52)43-28-26-37(27-29-43)54-55-47(40-24-22-35-12-4-6-14-38(35)32-40)34-48(56-54)41-25-23-36-13-5-7-15-39(36)33-41/h1-34H. The van der Waals surface area contributed by atoms with Gasteiger partial charge in [0, 0.05) is 49.6 Å². The van der Waals surface area contributed by atoms with E-state index < -0.39 is 0 Å². The van der Waals surface area contributed by atoms with Gasteiger partial charge in [0.1, 0.15) is 0 Å². The zero-order valence-corrected chi connectivity index (χ0v) is 31.4. The summed E-state index contributed by atoms with van der Waals surface area (Å²) in [6.45, 7) is 0. The summed E-state index contributed by atoms with van der Waals surface area (Å²) in [6.07, 6.45) is 0. The minimum Gasteiger partial charge on any atom is -0.309 e. The number of aromatic nitrogens is 4. The molecule has 12 rings (SSSR count). The third-order valence-corrected chi connectivity index (χ3v) is 11.7. The zero-order valence-electron chi connectivity index (χ0n) is 31.4. The Hall–Kier alpha value is -7.82. The molecule has 0 amide bonds. The minimum atomic E-state index is 0.691. The summed E-state index contributed by atoms with van der Waals surface area (Å²) in [5.74, 6) is 0.691. The molecule has 0 aliphatic rings. The highest BCUT2D eigenvalue weighted by Crippen LogP contribution is 2.42. The fraction of sp³-hybridized carbons (Fsp3) is 0. The molecule has 3 heterocycles. The molecule has 0 aliphatic heterocycles. The second-order valence-electron chi connectivity index (χ2n) is 15.0. The maximum atomic E-state index is 5.25. The van der Waals surface area contributed by atoms with Crippen molar-refractivity contribution in [2.45, 2.75) is 0 Å². The first-order valence-electron chi connectivity index (χ1n) is 19.7. The van der Waals surface area contributed by atoms with Crippen LogP contribution in [0.15, 0.2) is 206 Å². The predicted molar refractivity (Wildman–Crippen MR) is 242 cm³/mol. The molecule has 9 aromatic carbocycles. The summed E-state index contributed by atoms with van der Waals surface area (Å²) < 4.78 is 4.83. The van der Waals surface area contributed by atoms with E-state index in [0.717, 1.165) is 39.5 Å². The molecule has 0 N–H and O–H groups in total. The average molecular weight is 739 g/mol. The minimum absolute atomic E-state index is 0.691. The van der Waals surface area contributed by atoms with Gasteiger partial charge in [-0.3, -0.25) is 0 Å². The van der Waals surface area contributed by atoms with E-state index in [1.54, 1.807) is 0 Å². The van der Waals surface area contributed by atoms with Crippen LogP contribution in [-0.4, -0.2) is 19.1 Å². The van der Waals surface area contributed by atoms with Crippen molar-refractivity contribution < 1.29 is 0 Å². The lowest BCUT2D eigenvalue weighted by molar-refractivity contribution is 1.16. The normalized spacial score (nSPS) is 11.8. The van der Waals surface area contributed by atoms with E-state index in [1.165, 1.54) is 65.2 Å². The number of nitrogens with zero attached hydrogens (tertiary/aromatic N) is 4. The van der Waals surface area contributed by atoms with Crippen molar-refractivity contribution in [1.29, 1.82) is 0 Å². The molecule has 4 heteroatoms. The van der Waals surface area contributed by atoms with Crippen molar-refractivity contribution in [3.8, 4) is 45.3 Å². The number of rotatable bonds is 5. The maximum absolute atomic E-state index is 5.25. The lowest BCUT2D eigenvalue weighted by Crippen LogP contribution is -1.98. The van der Waals surface area contributed by atoms with E-state index in [1.807, 2.05) is 0 Å². The second kappa shape index (κ2) is 12.9. The maximum Gasteiger partial charge on any atom is 0.160 e. The van der Waals surface area contributed by atoms with Crippen molar-refractivity contribution in [2.75, 3.05) is 0 Å². The Morgan fingerprint density at radius 2 is 0.828 bits per heavy atom. The van der Waals surface area contributed by atoms with Gasteiger partial charge in [0.15, 0.2) is 5.82 Å².